The highest BCUT2D eigenvalue weighted by Crippen LogP contribution is 2.05. The second kappa shape index (κ2) is 11.5. The molecule has 0 fully saturated rings. The summed E-state index contributed by atoms with van der Waals surface area (Å²) < 4.78 is 0. The van der Waals surface area contributed by atoms with Gasteiger partial charge in [0.1, 0.15) is 18.1 Å². The number of carbonyl (C=O) groups is 4. The summed E-state index contributed by atoms with van der Waals surface area (Å²) in [5, 5.41) is 34.2. The van der Waals surface area contributed by atoms with Crippen LogP contribution in [0.2, 0.25) is 0 Å². The third-order valence-electron chi connectivity index (χ3n) is 4.17. The van der Waals surface area contributed by atoms with Crippen molar-refractivity contribution >= 4 is 23.7 Å². The predicted molar refractivity (Wildman–Crippen MR) is 95.3 cm³/mol. The largest absolute Gasteiger partial charge is 0.480 e. The van der Waals surface area contributed by atoms with Gasteiger partial charge in [0.25, 0.3) is 0 Å². The van der Waals surface area contributed by atoms with Gasteiger partial charge in [-0.1, -0.05) is 20.3 Å². The Morgan fingerprint density at radius 3 is 1.93 bits per heavy atom. The minimum atomic E-state index is -1.58. The monoisotopic (exact) mass is 390 g/mol. The molecule has 156 valence electrons. The van der Waals surface area contributed by atoms with Crippen LogP contribution >= 0.6 is 0 Å². The summed E-state index contributed by atoms with van der Waals surface area (Å²) >= 11 is 0. The van der Waals surface area contributed by atoms with Crippen LogP contribution in [0.4, 0.5) is 0 Å². The third-order valence-corrected chi connectivity index (χ3v) is 4.17. The van der Waals surface area contributed by atoms with Crippen molar-refractivity contribution in [1.29, 1.82) is 0 Å². The van der Waals surface area contributed by atoms with Crippen LogP contribution < -0.4 is 21.7 Å². The van der Waals surface area contributed by atoms with Gasteiger partial charge in [-0.25, -0.2) is 4.79 Å². The van der Waals surface area contributed by atoms with E-state index in [0.717, 1.165) is 0 Å². The van der Waals surface area contributed by atoms with Crippen LogP contribution in [0.25, 0.3) is 0 Å². The van der Waals surface area contributed by atoms with E-state index in [-0.39, 0.29) is 5.92 Å². The molecular weight excluding hydrogens is 360 g/mol. The maximum absolute atomic E-state index is 12.2. The van der Waals surface area contributed by atoms with E-state index in [0.29, 0.717) is 6.42 Å². The molecule has 0 spiro atoms. The highest BCUT2D eigenvalue weighted by atomic mass is 16.4. The average Bonchev–Trinajstić information content (AvgIpc) is 2.61. The Hall–Kier alpha value is -2.24. The number of rotatable bonds is 11. The summed E-state index contributed by atoms with van der Waals surface area (Å²) in [6.07, 6.45) is -0.679. The average molecular weight is 390 g/mol. The van der Waals surface area contributed by atoms with Gasteiger partial charge in [-0.15, -0.1) is 0 Å². The summed E-state index contributed by atoms with van der Waals surface area (Å²) in [6.45, 7) is 5.41. The molecule has 0 aromatic heterocycles. The number of hydrogen-bond donors (Lipinski definition) is 7. The number of aliphatic hydroxyl groups is 2. The first-order valence-electron chi connectivity index (χ1n) is 8.64. The van der Waals surface area contributed by atoms with Crippen molar-refractivity contribution < 1.29 is 34.5 Å². The summed E-state index contributed by atoms with van der Waals surface area (Å²) in [6, 6.07) is -4.91. The first kappa shape index (κ1) is 24.8. The quantitative estimate of drug-likeness (QED) is 0.198. The molecule has 0 saturated carbocycles. The SMILES string of the molecule is CCC(C)C(N)C(=O)NC(C)C(=O)NC(C(=O)NC(CO)C(=O)O)C(C)O. The van der Waals surface area contributed by atoms with Gasteiger partial charge in [-0.2, -0.15) is 0 Å². The topological polar surface area (TPSA) is 191 Å². The Bertz CT molecular complexity index is 541. The molecule has 8 N–H and O–H groups in total. The summed E-state index contributed by atoms with van der Waals surface area (Å²) in [7, 11) is 0. The Morgan fingerprint density at radius 1 is 0.963 bits per heavy atom. The minimum Gasteiger partial charge on any atom is -0.480 e. The number of carboxylic acids is 1. The lowest BCUT2D eigenvalue weighted by molar-refractivity contribution is -0.144. The lowest BCUT2D eigenvalue weighted by Gasteiger charge is -2.25. The normalized spacial score (nSPS) is 17.6. The maximum atomic E-state index is 12.2. The second-order valence-electron chi connectivity index (χ2n) is 6.45. The van der Waals surface area contributed by atoms with Gasteiger partial charge in [0.15, 0.2) is 0 Å². The van der Waals surface area contributed by atoms with E-state index >= 15 is 0 Å². The zero-order valence-corrected chi connectivity index (χ0v) is 15.9. The Kier molecular flexibility index (Phi) is 10.5. The third kappa shape index (κ3) is 7.89. The minimum absolute atomic E-state index is 0.0947. The molecule has 0 rings (SSSR count). The van der Waals surface area contributed by atoms with Gasteiger partial charge in [0, 0.05) is 0 Å². The van der Waals surface area contributed by atoms with Gasteiger partial charge >= 0.3 is 5.97 Å². The second-order valence-corrected chi connectivity index (χ2v) is 6.45. The van der Waals surface area contributed by atoms with Gasteiger partial charge in [-0.3, -0.25) is 14.4 Å². The van der Waals surface area contributed by atoms with Crippen molar-refractivity contribution in [3.63, 3.8) is 0 Å². The molecule has 0 saturated heterocycles. The number of nitrogens with one attached hydrogen (secondary N) is 3. The molecule has 0 heterocycles. The Morgan fingerprint density at radius 2 is 1.52 bits per heavy atom. The molecule has 6 atom stereocenters. The van der Waals surface area contributed by atoms with E-state index < -0.39 is 60.6 Å². The molecule has 0 aromatic rings. The predicted octanol–water partition coefficient (Wildman–Crippen LogP) is -2.71. The zero-order valence-electron chi connectivity index (χ0n) is 15.9. The number of hydrogen-bond acceptors (Lipinski definition) is 7. The van der Waals surface area contributed by atoms with Crippen LogP contribution in [0.1, 0.15) is 34.1 Å². The molecule has 0 bridgehead atoms. The van der Waals surface area contributed by atoms with Crippen LogP contribution in [0.15, 0.2) is 0 Å². The Labute approximate surface area is 157 Å². The summed E-state index contributed by atoms with van der Waals surface area (Å²) in [5.41, 5.74) is 5.79. The first-order chi connectivity index (χ1) is 12.5. The highest BCUT2D eigenvalue weighted by Gasteiger charge is 2.31. The zero-order chi connectivity index (χ0) is 21.3. The molecule has 0 aliphatic heterocycles. The number of aliphatic hydroxyl groups excluding tert-OH is 2. The van der Waals surface area contributed by atoms with E-state index in [1.54, 1.807) is 6.92 Å². The van der Waals surface area contributed by atoms with Gasteiger partial charge in [-0.05, 0) is 19.8 Å². The molecule has 11 nitrogen and oxygen atoms in total. The van der Waals surface area contributed by atoms with Crippen LogP contribution in [0, 0.1) is 5.92 Å². The number of nitrogens with two attached hydrogens (primary N) is 1. The smallest absolute Gasteiger partial charge is 0.328 e. The van der Waals surface area contributed by atoms with Gasteiger partial charge in [0.05, 0.1) is 18.8 Å². The van der Waals surface area contributed by atoms with Crippen LogP contribution in [-0.4, -0.2) is 75.9 Å². The fourth-order valence-corrected chi connectivity index (χ4v) is 2.02. The van der Waals surface area contributed by atoms with Crippen molar-refractivity contribution in [2.45, 2.75) is 64.4 Å². The molecule has 0 aromatic carbocycles. The standard InChI is InChI=1S/C16H30N4O7/c1-5-7(2)11(17)14(24)18-8(3)13(23)20-12(9(4)22)15(25)19-10(6-21)16(26)27/h7-12,21-22H,5-6,17H2,1-4H3,(H,18,24)(H,19,25)(H,20,23)(H,26,27). The maximum Gasteiger partial charge on any atom is 0.328 e. The highest BCUT2D eigenvalue weighted by molar-refractivity contribution is 5.94. The molecule has 3 amide bonds. The van der Waals surface area contributed by atoms with E-state index in [9.17, 15) is 24.3 Å². The van der Waals surface area contributed by atoms with E-state index in [1.165, 1.54) is 13.8 Å². The fourth-order valence-electron chi connectivity index (χ4n) is 2.02. The number of aliphatic carboxylic acids is 1. The lowest BCUT2D eigenvalue weighted by atomic mass is 9.99. The number of carboxylic acid groups (broad SMARTS) is 1. The first-order valence-corrected chi connectivity index (χ1v) is 8.64. The van der Waals surface area contributed by atoms with Crippen molar-refractivity contribution in [2.24, 2.45) is 11.7 Å². The number of amides is 3. The molecule has 11 heteroatoms. The summed E-state index contributed by atoms with van der Waals surface area (Å²) in [5.74, 6) is -3.86. The lowest BCUT2D eigenvalue weighted by Crippen LogP contribution is -2.59. The van der Waals surface area contributed by atoms with Crippen molar-refractivity contribution in [2.75, 3.05) is 6.61 Å². The molecule has 27 heavy (non-hydrogen) atoms. The number of carbonyl (C=O) groups excluding carboxylic acids is 3. The van der Waals surface area contributed by atoms with Crippen molar-refractivity contribution in [3.8, 4) is 0 Å². The molecular formula is C16H30N4O7. The van der Waals surface area contributed by atoms with E-state index in [2.05, 4.69) is 10.6 Å². The van der Waals surface area contributed by atoms with Crippen molar-refractivity contribution in [3.05, 3.63) is 0 Å². The van der Waals surface area contributed by atoms with E-state index in [1.807, 2.05) is 12.2 Å². The molecule has 0 radical (unpaired) electrons. The molecule has 0 aliphatic rings. The fraction of sp³-hybridized carbons (Fsp3) is 0.750. The van der Waals surface area contributed by atoms with Crippen LogP contribution in [-0.2, 0) is 19.2 Å². The molecule has 0 aliphatic carbocycles. The van der Waals surface area contributed by atoms with Crippen molar-refractivity contribution in [1.82, 2.24) is 16.0 Å². The molecule has 6 unspecified atom stereocenters. The Balaban J connectivity index is 4.95. The van der Waals surface area contributed by atoms with Gasteiger partial charge < -0.3 is 37.0 Å². The summed E-state index contributed by atoms with van der Waals surface area (Å²) in [4.78, 5) is 47.2. The van der Waals surface area contributed by atoms with Crippen LogP contribution in [0.5, 0.6) is 0 Å². The van der Waals surface area contributed by atoms with Gasteiger partial charge in [0.2, 0.25) is 17.7 Å². The van der Waals surface area contributed by atoms with E-state index in [4.69, 9.17) is 15.9 Å². The van der Waals surface area contributed by atoms with Crippen LogP contribution in [0.3, 0.4) is 0 Å².